The summed E-state index contributed by atoms with van der Waals surface area (Å²) >= 11 is 18.3. The zero-order valence-corrected chi connectivity index (χ0v) is 17.1. The highest BCUT2D eigenvalue weighted by molar-refractivity contribution is 6.42. The van der Waals surface area contributed by atoms with Gasteiger partial charge in [-0.15, -0.1) is 0 Å². The van der Waals surface area contributed by atoms with Crippen molar-refractivity contribution in [3.8, 4) is 0 Å². The lowest BCUT2D eigenvalue weighted by Crippen LogP contribution is -2.43. The van der Waals surface area contributed by atoms with E-state index in [0.717, 1.165) is 5.56 Å². The summed E-state index contributed by atoms with van der Waals surface area (Å²) in [7, 11) is 0. The third kappa shape index (κ3) is 2.82. The molecule has 3 aromatic rings. The van der Waals surface area contributed by atoms with E-state index in [0.29, 0.717) is 44.2 Å². The van der Waals surface area contributed by atoms with Gasteiger partial charge in [0.1, 0.15) is 5.41 Å². The molecule has 0 saturated heterocycles. The number of aromatic nitrogens is 2. The lowest BCUT2D eigenvalue weighted by atomic mass is 9.72. The number of hydrogen-bond donors (Lipinski definition) is 2. The van der Waals surface area contributed by atoms with E-state index in [-0.39, 0.29) is 18.2 Å². The molecule has 2 N–H and O–H groups in total. The van der Waals surface area contributed by atoms with Gasteiger partial charge in [0.25, 0.3) is 0 Å². The molecule has 2 amide bonds. The summed E-state index contributed by atoms with van der Waals surface area (Å²) in [4.78, 5) is 25.5. The molecule has 1 atom stereocenters. The minimum Gasteiger partial charge on any atom is -0.325 e. The molecule has 5 rings (SSSR count). The molecular formula is C20H13Cl3N4O2. The van der Waals surface area contributed by atoms with Crippen molar-refractivity contribution in [2.75, 3.05) is 10.6 Å². The first kappa shape index (κ1) is 18.5. The number of fused-ring (bicyclic) bond motifs is 4. The number of anilines is 2. The van der Waals surface area contributed by atoms with Gasteiger partial charge in [-0.1, -0.05) is 40.9 Å². The number of carbonyl (C=O) groups is 2. The first-order valence-corrected chi connectivity index (χ1v) is 9.93. The van der Waals surface area contributed by atoms with Crippen molar-refractivity contribution in [1.29, 1.82) is 0 Å². The van der Waals surface area contributed by atoms with Gasteiger partial charge in [0, 0.05) is 28.9 Å². The van der Waals surface area contributed by atoms with Gasteiger partial charge < -0.3 is 10.6 Å². The van der Waals surface area contributed by atoms with Crippen LogP contribution in [0.4, 0.5) is 11.5 Å². The molecule has 0 bridgehead atoms. The maximum Gasteiger partial charge on any atom is 0.240 e. The number of benzene rings is 2. The summed E-state index contributed by atoms with van der Waals surface area (Å²) < 4.78 is 1.67. The summed E-state index contributed by atoms with van der Waals surface area (Å²) in [5.41, 5.74) is 1.69. The zero-order chi connectivity index (χ0) is 20.3. The van der Waals surface area contributed by atoms with Crippen LogP contribution in [0, 0.1) is 0 Å². The van der Waals surface area contributed by atoms with Crippen LogP contribution in [0.1, 0.15) is 23.1 Å². The molecule has 0 aliphatic carbocycles. The lowest BCUT2D eigenvalue weighted by molar-refractivity contribution is -0.125. The van der Waals surface area contributed by atoms with Crippen LogP contribution in [0.2, 0.25) is 15.1 Å². The Kier molecular flexibility index (Phi) is 4.13. The quantitative estimate of drug-likeness (QED) is 0.608. The van der Waals surface area contributed by atoms with E-state index in [1.54, 1.807) is 41.2 Å². The summed E-state index contributed by atoms with van der Waals surface area (Å²) in [6.07, 6.45) is 1.77. The SMILES string of the molecule is O=C1CC2(C(=O)Nc3ccc(Cl)cc32)c2cn(Cc3ccc(Cl)c(Cl)c3)nc2N1. The van der Waals surface area contributed by atoms with Gasteiger partial charge in [0.2, 0.25) is 11.8 Å². The van der Waals surface area contributed by atoms with Crippen LogP contribution in [0.25, 0.3) is 0 Å². The van der Waals surface area contributed by atoms with Crippen LogP contribution in [-0.4, -0.2) is 21.6 Å². The van der Waals surface area contributed by atoms with Gasteiger partial charge in [0.15, 0.2) is 5.82 Å². The summed E-state index contributed by atoms with van der Waals surface area (Å²) in [5, 5.41) is 11.6. The average Bonchev–Trinajstić information content (AvgIpc) is 3.18. The summed E-state index contributed by atoms with van der Waals surface area (Å²) in [5.74, 6) is -0.176. The first-order chi connectivity index (χ1) is 13.9. The third-order valence-corrected chi connectivity index (χ3v) is 6.28. The smallest absolute Gasteiger partial charge is 0.240 e. The van der Waals surface area contributed by atoms with Crippen molar-refractivity contribution in [3.63, 3.8) is 0 Å². The van der Waals surface area contributed by atoms with Gasteiger partial charge in [-0.05, 0) is 41.5 Å². The highest BCUT2D eigenvalue weighted by Crippen LogP contribution is 2.50. The van der Waals surface area contributed by atoms with Crippen LogP contribution in [0.5, 0.6) is 0 Å². The standard InChI is InChI=1S/C20H13Cl3N4O2/c21-11-2-4-16-12(6-11)20(19(29)24-16)7-17(28)25-18-13(20)9-27(26-18)8-10-1-3-14(22)15(23)5-10/h1-6,9H,7-8H2,(H,24,29)(H,25,26,28). The topological polar surface area (TPSA) is 76.0 Å². The summed E-state index contributed by atoms with van der Waals surface area (Å²) in [6.45, 7) is 0.403. The Morgan fingerprint density at radius 1 is 1.00 bits per heavy atom. The van der Waals surface area contributed by atoms with Crippen LogP contribution in [-0.2, 0) is 21.5 Å². The Morgan fingerprint density at radius 3 is 2.62 bits per heavy atom. The zero-order valence-electron chi connectivity index (χ0n) is 14.8. The molecule has 29 heavy (non-hydrogen) atoms. The predicted molar refractivity (Wildman–Crippen MR) is 112 cm³/mol. The van der Waals surface area contributed by atoms with E-state index in [1.807, 2.05) is 6.07 Å². The Hall–Kier alpha value is -2.54. The van der Waals surface area contributed by atoms with Gasteiger partial charge in [0.05, 0.1) is 16.6 Å². The number of halogens is 3. The molecule has 9 heteroatoms. The van der Waals surface area contributed by atoms with E-state index in [2.05, 4.69) is 15.7 Å². The molecule has 0 saturated carbocycles. The molecular weight excluding hydrogens is 435 g/mol. The number of nitrogens with zero attached hydrogens (tertiary/aromatic N) is 2. The fraction of sp³-hybridized carbons (Fsp3) is 0.150. The van der Waals surface area contributed by atoms with Crippen LogP contribution in [0.15, 0.2) is 42.6 Å². The van der Waals surface area contributed by atoms with Crippen molar-refractivity contribution in [2.24, 2.45) is 0 Å². The molecule has 1 spiro atoms. The number of hydrogen-bond acceptors (Lipinski definition) is 3. The van der Waals surface area contributed by atoms with Crippen LogP contribution < -0.4 is 10.6 Å². The van der Waals surface area contributed by atoms with Crippen molar-refractivity contribution < 1.29 is 9.59 Å². The molecule has 1 unspecified atom stereocenters. The second kappa shape index (κ2) is 6.49. The number of nitrogens with one attached hydrogen (secondary N) is 2. The Labute approximate surface area is 180 Å². The molecule has 6 nitrogen and oxygen atoms in total. The van der Waals surface area contributed by atoms with E-state index in [4.69, 9.17) is 34.8 Å². The second-order valence-electron chi connectivity index (χ2n) is 7.11. The highest BCUT2D eigenvalue weighted by Gasteiger charge is 2.54. The monoisotopic (exact) mass is 446 g/mol. The largest absolute Gasteiger partial charge is 0.325 e. The fourth-order valence-electron chi connectivity index (χ4n) is 4.02. The minimum atomic E-state index is -1.16. The maximum atomic E-state index is 13.1. The lowest BCUT2D eigenvalue weighted by Gasteiger charge is -2.30. The van der Waals surface area contributed by atoms with Crippen LogP contribution >= 0.6 is 34.8 Å². The van der Waals surface area contributed by atoms with Crippen LogP contribution in [0.3, 0.4) is 0 Å². The molecule has 2 aromatic carbocycles. The average molecular weight is 448 g/mol. The number of carbonyl (C=O) groups excluding carboxylic acids is 2. The molecule has 1 aromatic heterocycles. The summed E-state index contributed by atoms with van der Waals surface area (Å²) in [6, 6.07) is 10.5. The molecule has 146 valence electrons. The maximum absolute atomic E-state index is 13.1. The molecule has 0 radical (unpaired) electrons. The van der Waals surface area contributed by atoms with Gasteiger partial charge in [-0.25, -0.2) is 0 Å². The first-order valence-electron chi connectivity index (χ1n) is 8.80. The Balaban J connectivity index is 1.62. The normalized spacial score (nSPS) is 19.7. The van der Waals surface area contributed by atoms with Gasteiger partial charge in [-0.2, -0.15) is 5.10 Å². The fourth-order valence-corrected chi connectivity index (χ4v) is 4.51. The second-order valence-corrected chi connectivity index (χ2v) is 8.36. The molecule has 3 heterocycles. The van der Waals surface area contributed by atoms with Gasteiger partial charge in [-0.3, -0.25) is 14.3 Å². The van der Waals surface area contributed by atoms with Crippen molar-refractivity contribution in [1.82, 2.24) is 9.78 Å². The molecule has 2 aliphatic heterocycles. The van der Waals surface area contributed by atoms with E-state index < -0.39 is 5.41 Å². The van der Waals surface area contributed by atoms with E-state index in [9.17, 15) is 9.59 Å². The highest BCUT2D eigenvalue weighted by atomic mass is 35.5. The van der Waals surface area contributed by atoms with Gasteiger partial charge >= 0.3 is 0 Å². The number of amides is 2. The molecule has 0 fully saturated rings. The van der Waals surface area contributed by atoms with Crippen molar-refractivity contribution in [2.45, 2.75) is 18.4 Å². The number of rotatable bonds is 2. The predicted octanol–water partition coefficient (Wildman–Crippen LogP) is 4.47. The van der Waals surface area contributed by atoms with E-state index >= 15 is 0 Å². The molecule has 2 aliphatic rings. The Morgan fingerprint density at radius 2 is 1.83 bits per heavy atom. The third-order valence-electron chi connectivity index (χ3n) is 5.31. The Bertz CT molecular complexity index is 1210. The van der Waals surface area contributed by atoms with E-state index in [1.165, 1.54) is 0 Å². The van der Waals surface area contributed by atoms with Crippen molar-refractivity contribution >= 4 is 58.1 Å². The minimum absolute atomic E-state index is 0.0162. The van der Waals surface area contributed by atoms with Crippen molar-refractivity contribution in [3.05, 3.63) is 74.4 Å².